The molecule has 1 amide bonds. The van der Waals surface area contributed by atoms with Crippen molar-refractivity contribution in [2.24, 2.45) is 0 Å². The number of aryl methyl sites for hydroxylation is 1. The number of amides is 1. The number of hydrogen-bond acceptors (Lipinski definition) is 6. The van der Waals surface area contributed by atoms with Gasteiger partial charge < -0.3 is 15.1 Å². The Kier molecular flexibility index (Phi) is 4.82. The monoisotopic (exact) mass is 388 g/mol. The highest BCUT2D eigenvalue weighted by atomic mass is 16.3. The van der Waals surface area contributed by atoms with Crippen LogP contribution in [0.4, 0.5) is 17.2 Å². The van der Waals surface area contributed by atoms with Gasteiger partial charge in [0, 0.05) is 17.1 Å². The van der Waals surface area contributed by atoms with Gasteiger partial charge in [0.2, 0.25) is 0 Å². The van der Waals surface area contributed by atoms with Gasteiger partial charge in [-0.05, 0) is 74.9 Å². The van der Waals surface area contributed by atoms with Gasteiger partial charge in [0.05, 0.1) is 12.0 Å². The molecule has 4 aromatic rings. The highest BCUT2D eigenvalue weighted by Crippen LogP contribution is 2.19. The summed E-state index contributed by atoms with van der Waals surface area (Å²) in [5.74, 6) is 1.25. The SMILES string of the molecule is Cc1nn(-c2ccc(Nc3ccc(NC(=O)c4ccco4)cc3)nn2)c(C)c1C. The predicted molar refractivity (Wildman–Crippen MR) is 110 cm³/mol. The van der Waals surface area contributed by atoms with Crippen molar-refractivity contribution in [2.45, 2.75) is 20.8 Å². The molecule has 0 spiro atoms. The molecule has 8 nitrogen and oxygen atoms in total. The molecule has 8 heteroatoms. The first-order valence-electron chi connectivity index (χ1n) is 9.10. The van der Waals surface area contributed by atoms with E-state index < -0.39 is 0 Å². The van der Waals surface area contributed by atoms with Crippen LogP contribution in [0.15, 0.2) is 59.2 Å². The number of anilines is 3. The maximum Gasteiger partial charge on any atom is 0.291 e. The standard InChI is InChI=1S/C21H20N6O2/c1-13-14(2)26-27(15(13)3)20-11-10-19(24-25-20)22-16-6-8-17(9-7-16)23-21(28)18-5-4-12-29-18/h4-12H,1-3H3,(H,22,24)(H,23,28). The van der Waals surface area contributed by atoms with Crippen molar-refractivity contribution in [1.82, 2.24) is 20.0 Å². The molecule has 0 radical (unpaired) electrons. The van der Waals surface area contributed by atoms with Gasteiger partial charge in [-0.25, -0.2) is 4.68 Å². The topological polar surface area (TPSA) is 97.9 Å². The molecule has 0 fully saturated rings. The van der Waals surface area contributed by atoms with Crippen LogP contribution in [0.25, 0.3) is 5.82 Å². The van der Waals surface area contributed by atoms with Crippen molar-refractivity contribution in [3.05, 3.63) is 77.5 Å². The Morgan fingerprint density at radius 2 is 1.72 bits per heavy atom. The van der Waals surface area contributed by atoms with E-state index in [4.69, 9.17) is 4.42 Å². The lowest BCUT2D eigenvalue weighted by atomic mass is 10.2. The van der Waals surface area contributed by atoms with Gasteiger partial charge in [-0.15, -0.1) is 10.2 Å². The largest absolute Gasteiger partial charge is 0.459 e. The summed E-state index contributed by atoms with van der Waals surface area (Å²) >= 11 is 0. The Balaban J connectivity index is 1.43. The zero-order valence-electron chi connectivity index (χ0n) is 16.3. The van der Waals surface area contributed by atoms with Crippen LogP contribution in [0.1, 0.15) is 27.5 Å². The molecule has 0 aliphatic rings. The normalized spacial score (nSPS) is 10.7. The molecule has 3 heterocycles. The fourth-order valence-corrected chi connectivity index (χ4v) is 2.83. The molecule has 0 atom stereocenters. The number of aromatic nitrogens is 4. The van der Waals surface area contributed by atoms with Crippen LogP contribution in [0.5, 0.6) is 0 Å². The number of carbonyl (C=O) groups is 1. The maximum absolute atomic E-state index is 12.0. The molecule has 0 saturated heterocycles. The summed E-state index contributed by atoms with van der Waals surface area (Å²) in [7, 11) is 0. The van der Waals surface area contributed by atoms with Gasteiger partial charge in [-0.3, -0.25) is 4.79 Å². The number of rotatable bonds is 5. The summed E-state index contributed by atoms with van der Waals surface area (Å²) in [5, 5.41) is 19.0. The number of benzene rings is 1. The molecule has 0 bridgehead atoms. The van der Waals surface area contributed by atoms with Crippen LogP contribution < -0.4 is 10.6 Å². The van der Waals surface area contributed by atoms with E-state index in [0.29, 0.717) is 17.3 Å². The Bertz CT molecular complexity index is 1130. The molecule has 1 aromatic carbocycles. The first kappa shape index (κ1) is 18.4. The summed E-state index contributed by atoms with van der Waals surface area (Å²) in [6.45, 7) is 6.02. The second-order valence-corrected chi connectivity index (χ2v) is 6.62. The lowest BCUT2D eigenvalue weighted by Crippen LogP contribution is -2.10. The van der Waals surface area contributed by atoms with Gasteiger partial charge in [0.15, 0.2) is 17.4 Å². The molecule has 29 heavy (non-hydrogen) atoms. The summed E-state index contributed by atoms with van der Waals surface area (Å²) in [4.78, 5) is 12.0. The third-order valence-corrected chi connectivity index (χ3v) is 4.68. The van der Waals surface area contributed by atoms with Crippen molar-refractivity contribution in [3.63, 3.8) is 0 Å². The molecule has 0 aliphatic heterocycles. The minimum Gasteiger partial charge on any atom is -0.459 e. The van der Waals surface area contributed by atoms with E-state index in [1.165, 1.54) is 6.26 Å². The van der Waals surface area contributed by atoms with Gasteiger partial charge in [-0.1, -0.05) is 0 Å². The van der Waals surface area contributed by atoms with E-state index in [1.54, 1.807) is 28.9 Å². The predicted octanol–water partition coefficient (Wildman–Crippen LogP) is 4.18. The van der Waals surface area contributed by atoms with Crippen LogP contribution in [0.2, 0.25) is 0 Å². The second kappa shape index (κ2) is 7.59. The van der Waals surface area contributed by atoms with Crippen LogP contribution >= 0.6 is 0 Å². The number of nitrogens with zero attached hydrogens (tertiary/aromatic N) is 4. The average molecular weight is 388 g/mol. The molecule has 4 rings (SSSR count). The summed E-state index contributed by atoms with van der Waals surface area (Å²) in [5.41, 5.74) is 4.66. The minimum absolute atomic E-state index is 0.264. The third-order valence-electron chi connectivity index (χ3n) is 4.68. The van der Waals surface area contributed by atoms with Crippen LogP contribution in [0.3, 0.4) is 0 Å². The van der Waals surface area contributed by atoms with Gasteiger partial charge in [0.1, 0.15) is 0 Å². The van der Waals surface area contributed by atoms with Crippen molar-refractivity contribution in [1.29, 1.82) is 0 Å². The van der Waals surface area contributed by atoms with E-state index in [0.717, 1.165) is 22.6 Å². The Labute approximate surface area is 167 Å². The van der Waals surface area contributed by atoms with E-state index >= 15 is 0 Å². The Morgan fingerprint density at radius 1 is 0.966 bits per heavy atom. The molecule has 0 aliphatic carbocycles. The van der Waals surface area contributed by atoms with Crippen molar-refractivity contribution < 1.29 is 9.21 Å². The van der Waals surface area contributed by atoms with Crippen molar-refractivity contribution in [2.75, 3.05) is 10.6 Å². The summed E-state index contributed by atoms with van der Waals surface area (Å²) in [6, 6.07) is 14.3. The molecular weight excluding hydrogens is 368 g/mol. The highest BCUT2D eigenvalue weighted by Gasteiger charge is 2.11. The number of nitrogens with one attached hydrogen (secondary N) is 2. The van der Waals surface area contributed by atoms with Gasteiger partial charge in [0.25, 0.3) is 5.91 Å². The zero-order valence-corrected chi connectivity index (χ0v) is 16.3. The number of carbonyl (C=O) groups excluding carboxylic acids is 1. The van der Waals surface area contributed by atoms with Gasteiger partial charge >= 0.3 is 0 Å². The van der Waals surface area contributed by atoms with Crippen molar-refractivity contribution >= 4 is 23.1 Å². The third kappa shape index (κ3) is 3.86. The molecular formula is C21H20N6O2. The molecule has 146 valence electrons. The van der Waals surface area contributed by atoms with Crippen LogP contribution in [-0.2, 0) is 0 Å². The van der Waals surface area contributed by atoms with Gasteiger partial charge in [-0.2, -0.15) is 5.10 Å². The van der Waals surface area contributed by atoms with Crippen molar-refractivity contribution in [3.8, 4) is 5.82 Å². The molecule has 3 aromatic heterocycles. The molecule has 2 N–H and O–H groups in total. The maximum atomic E-state index is 12.0. The van der Waals surface area contributed by atoms with E-state index in [1.807, 2.05) is 45.0 Å². The molecule has 0 unspecified atom stereocenters. The minimum atomic E-state index is -0.295. The lowest BCUT2D eigenvalue weighted by Gasteiger charge is -2.08. The zero-order chi connectivity index (χ0) is 20.4. The van der Waals surface area contributed by atoms with Crippen LogP contribution in [-0.4, -0.2) is 25.9 Å². The first-order chi connectivity index (χ1) is 14.0. The second-order valence-electron chi connectivity index (χ2n) is 6.62. The number of furan rings is 1. The fourth-order valence-electron chi connectivity index (χ4n) is 2.83. The van der Waals surface area contributed by atoms with Crippen LogP contribution in [0, 0.1) is 20.8 Å². The first-order valence-corrected chi connectivity index (χ1v) is 9.10. The Hall–Kier alpha value is -3.94. The fraction of sp³-hybridized carbons (Fsp3) is 0.143. The number of hydrogen-bond donors (Lipinski definition) is 2. The summed E-state index contributed by atoms with van der Waals surface area (Å²) < 4.78 is 6.87. The Morgan fingerprint density at radius 3 is 2.31 bits per heavy atom. The quantitative estimate of drug-likeness (QED) is 0.532. The average Bonchev–Trinajstić information content (AvgIpc) is 3.35. The van der Waals surface area contributed by atoms with E-state index in [9.17, 15) is 4.79 Å². The van der Waals surface area contributed by atoms with E-state index in [2.05, 4.69) is 25.9 Å². The van der Waals surface area contributed by atoms with E-state index in [-0.39, 0.29) is 11.7 Å². The highest BCUT2D eigenvalue weighted by molar-refractivity contribution is 6.02. The lowest BCUT2D eigenvalue weighted by molar-refractivity contribution is 0.0996. The summed E-state index contributed by atoms with van der Waals surface area (Å²) in [6.07, 6.45) is 1.46. The molecule has 0 saturated carbocycles. The smallest absolute Gasteiger partial charge is 0.291 e.